The van der Waals surface area contributed by atoms with Crippen molar-refractivity contribution in [3.05, 3.63) is 78.9 Å². The van der Waals surface area contributed by atoms with Crippen molar-refractivity contribution in [2.45, 2.75) is 12.6 Å². The summed E-state index contributed by atoms with van der Waals surface area (Å²) in [4.78, 5) is 16.2. The highest BCUT2D eigenvalue weighted by atomic mass is 19.4. The summed E-state index contributed by atoms with van der Waals surface area (Å²) in [5.41, 5.74) is 7.97. The molecule has 33 heavy (non-hydrogen) atoms. The lowest BCUT2D eigenvalue weighted by Crippen LogP contribution is -2.20. The van der Waals surface area contributed by atoms with Gasteiger partial charge in [0.25, 0.3) is 0 Å². The maximum Gasteiger partial charge on any atom is 0.416 e. The SMILES string of the molecule is [CH2]Cc1cn2ncnc(N)c2c1-c1ccc(NC(=O)Nc2cc(F)cc(C(F)(F)F)c2)cc1. The smallest absolute Gasteiger partial charge is 0.382 e. The Labute approximate surface area is 185 Å². The molecule has 7 nitrogen and oxygen atoms in total. The van der Waals surface area contributed by atoms with Gasteiger partial charge in [-0.15, -0.1) is 0 Å². The first-order valence-electron chi connectivity index (χ1n) is 9.62. The van der Waals surface area contributed by atoms with Crippen LogP contribution in [-0.2, 0) is 12.6 Å². The van der Waals surface area contributed by atoms with Crippen molar-refractivity contribution in [3.8, 4) is 11.1 Å². The van der Waals surface area contributed by atoms with Gasteiger partial charge in [-0.1, -0.05) is 12.1 Å². The molecule has 0 saturated carbocycles. The summed E-state index contributed by atoms with van der Waals surface area (Å²) in [6.07, 6.45) is -1.10. The van der Waals surface area contributed by atoms with E-state index in [4.69, 9.17) is 5.73 Å². The van der Waals surface area contributed by atoms with Crippen molar-refractivity contribution in [2.24, 2.45) is 0 Å². The second-order valence-electron chi connectivity index (χ2n) is 7.10. The molecule has 0 saturated heterocycles. The Balaban J connectivity index is 1.54. The second kappa shape index (κ2) is 8.41. The molecule has 2 amide bonds. The summed E-state index contributed by atoms with van der Waals surface area (Å²) in [6, 6.07) is 7.66. The molecule has 4 rings (SSSR count). The Bertz CT molecular complexity index is 1330. The van der Waals surface area contributed by atoms with E-state index in [9.17, 15) is 22.4 Å². The maximum absolute atomic E-state index is 13.5. The summed E-state index contributed by atoms with van der Waals surface area (Å²) >= 11 is 0. The molecule has 0 aliphatic carbocycles. The molecule has 4 aromatic rings. The number of nitrogen functional groups attached to an aromatic ring is 1. The van der Waals surface area contributed by atoms with Crippen molar-refractivity contribution in [1.82, 2.24) is 14.6 Å². The number of nitrogens with one attached hydrogen (secondary N) is 2. The molecule has 0 fully saturated rings. The Morgan fingerprint density at radius 1 is 1.09 bits per heavy atom. The van der Waals surface area contributed by atoms with Crippen LogP contribution in [0.1, 0.15) is 11.1 Å². The zero-order chi connectivity index (χ0) is 23.8. The van der Waals surface area contributed by atoms with E-state index in [1.165, 1.54) is 6.33 Å². The highest BCUT2D eigenvalue weighted by Crippen LogP contribution is 2.34. The highest BCUT2D eigenvalue weighted by Gasteiger charge is 2.31. The Morgan fingerprint density at radius 3 is 2.45 bits per heavy atom. The van der Waals surface area contributed by atoms with Gasteiger partial charge in [-0.05, 0) is 54.8 Å². The lowest BCUT2D eigenvalue weighted by Gasteiger charge is -2.12. The van der Waals surface area contributed by atoms with Crippen LogP contribution < -0.4 is 16.4 Å². The van der Waals surface area contributed by atoms with Gasteiger partial charge in [0.15, 0.2) is 5.82 Å². The lowest BCUT2D eigenvalue weighted by molar-refractivity contribution is -0.137. The minimum Gasteiger partial charge on any atom is -0.382 e. The molecule has 2 aromatic carbocycles. The molecule has 4 N–H and O–H groups in total. The van der Waals surface area contributed by atoms with Gasteiger partial charge < -0.3 is 16.4 Å². The molecule has 0 aliphatic rings. The first-order valence-corrected chi connectivity index (χ1v) is 9.62. The predicted molar refractivity (Wildman–Crippen MR) is 116 cm³/mol. The number of alkyl halides is 3. The summed E-state index contributed by atoms with van der Waals surface area (Å²) < 4.78 is 53.7. The molecule has 1 radical (unpaired) electrons. The number of hydrogen-bond acceptors (Lipinski definition) is 4. The lowest BCUT2D eigenvalue weighted by atomic mass is 10.0. The number of fused-ring (bicyclic) bond motifs is 1. The number of carbonyl (C=O) groups excluding carboxylic acids is 1. The summed E-state index contributed by atoms with van der Waals surface area (Å²) in [6.45, 7) is 3.93. The van der Waals surface area contributed by atoms with E-state index in [-0.39, 0.29) is 5.69 Å². The van der Waals surface area contributed by atoms with Crippen molar-refractivity contribution in [1.29, 1.82) is 0 Å². The van der Waals surface area contributed by atoms with E-state index < -0.39 is 23.6 Å². The van der Waals surface area contributed by atoms with Crippen LogP contribution in [0.5, 0.6) is 0 Å². The first-order chi connectivity index (χ1) is 15.7. The molecule has 0 atom stereocenters. The van der Waals surface area contributed by atoms with E-state index in [0.717, 1.165) is 22.8 Å². The normalized spacial score (nSPS) is 11.5. The molecule has 11 heteroatoms. The summed E-state index contributed by atoms with van der Waals surface area (Å²) in [5, 5.41) is 8.85. The number of aromatic nitrogens is 3. The average molecular weight is 457 g/mol. The molecule has 0 aliphatic heterocycles. The fraction of sp³-hybridized carbons (Fsp3) is 0.0909. The van der Waals surface area contributed by atoms with Gasteiger partial charge in [-0.2, -0.15) is 18.3 Å². The average Bonchev–Trinajstić information content (AvgIpc) is 3.13. The second-order valence-corrected chi connectivity index (χ2v) is 7.10. The van der Waals surface area contributed by atoms with Crippen molar-refractivity contribution in [3.63, 3.8) is 0 Å². The van der Waals surface area contributed by atoms with Crippen LogP contribution in [0.4, 0.5) is 39.5 Å². The van der Waals surface area contributed by atoms with Crippen LogP contribution >= 0.6 is 0 Å². The van der Waals surface area contributed by atoms with Gasteiger partial charge in [0.2, 0.25) is 0 Å². The standard InChI is InChI=1S/C22H17F4N6O/c1-2-12-10-32-19(20(27)28-11-29-32)18(12)13-3-5-16(6-4-13)30-21(33)31-17-8-14(22(24,25)26)7-15(23)9-17/h3-11H,1-2H2,(H2,27,28,29)(H2,30,31,33). The van der Waals surface area contributed by atoms with E-state index >= 15 is 0 Å². The van der Waals surface area contributed by atoms with E-state index in [2.05, 4.69) is 27.6 Å². The Morgan fingerprint density at radius 2 is 1.79 bits per heavy atom. The van der Waals surface area contributed by atoms with Gasteiger partial charge in [0.05, 0.1) is 5.56 Å². The number of nitrogens with two attached hydrogens (primary N) is 1. The van der Waals surface area contributed by atoms with Crippen LogP contribution in [0.2, 0.25) is 0 Å². The fourth-order valence-electron chi connectivity index (χ4n) is 3.44. The first kappa shape index (κ1) is 22.1. The molecule has 2 aromatic heterocycles. The Hall–Kier alpha value is -4.15. The third-order valence-corrected chi connectivity index (χ3v) is 4.86. The minimum absolute atomic E-state index is 0.301. The third kappa shape index (κ3) is 4.56. The van der Waals surface area contributed by atoms with E-state index in [0.29, 0.717) is 35.6 Å². The minimum atomic E-state index is -4.74. The van der Waals surface area contributed by atoms with Crippen molar-refractivity contribution >= 4 is 28.7 Å². The van der Waals surface area contributed by atoms with E-state index in [1.807, 2.05) is 6.20 Å². The van der Waals surface area contributed by atoms with Gasteiger partial charge in [0, 0.05) is 23.1 Å². The molecule has 0 unspecified atom stereocenters. The largest absolute Gasteiger partial charge is 0.416 e. The molecule has 0 spiro atoms. The number of benzene rings is 2. The van der Waals surface area contributed by atoms with Crippen molar-refractivity contribution in [2.75, 3.05) is 16.4 Å². The van der Waals surface area contributed by atoms with E-state index in [1.54, 1.807) is 28.8 Å². The number of halogens is 4. The number of rotatable bonds is 4. The van der Waals surface area contributed by atoms with Crippen LogP contribution in [-0.4, -0.2) is 20.6 Å². The third-order valence-electron chi connectivity index (χ3n) is 4.86. The maximum atomic E-state index is 13.5. The number of carbonyl (C=O) groups is 1. The number of anilines is 3. The predicted octanol–water partition coefficient (Wildman–Crippen LogP) is 5.16. The van der Waals surface area contributed by atoms with Crippen LogP contribution in [0, 0.1) is 12.7 Å². The molecular weight excluding hydrogens is 440 g/mol. The molecule has 2 heterocycles. The Kier molecular flexibility index (Phi) is 5.62. The quantitative estimate of drug-likeness (QED) is 0.369. The van der Waals surface area contributed by atoms with Gasteiger partial charge in [0.1, 0.15) is 17.7 Å². The van der Waals surface area contributed by atoms with Crippen LogP contribution in [0.15, 0.2) is 55.0 Å². The number of urea groups is 1. The fourth-order valence-corrected chi connectivity index (χ4v) is 3.44. The number of hydrogen-bond donors (Lipinski definition) is 3. The van der Waals surface area contributed by atoms with Gasteiger partial charge >= 0.3 is 12.2 Å². The van der Waals surface area contributed by atoms with Gasteiger partial charge in [-0.3, -0.25) is 0 Å². The van der Waals surface area contributed by atoms with Crippen molar-refractivity contribution < 1.29 is 22.4 Å². The highest BCUT2D eigenvalue weighted by molar-refractivity contribution is 6.00. The monoisotopic (exact) mass is 457 g/mol. The topological polar surface area (TPSA) is 97.3 Å². The molecule has 0 bridgehead atoms. The van der Waals surface area contributed by atoms with Gasteiger partial charge in [-0.25, -0.2) is 18.7 Å². The number of nitrogens with zero attached hydrogens (tertiary/aromatic N) is 3. The van der Waals surface area contributed by atoms with Crippen LogP contribution in [0.25, 0.3) is 16.6 Å². The van der Waals surface area contributed by atoms with Crippen LogP contribution in [0.3, 0.4) is 0 Å². The zero-order valence-corrected chi connectivity index (χ0v) is 16.9. The molecule has 169 valence electrons. The zero-order valence-electron chi connectivity index (χ0n) is 16.9. The number of amides is 2. The summed E-state index contributed by atoms with van der Waals surface area (Å²) in [7, 11) is 0. The molecular formula is C22H17F4N6O. The summed E-state index contributed by atoms with van der Waals surface area (Å²) in [5.74, 6) is -0.816.